The maximum absolute atomic E-state index is 13.8. The van der Waals surface area contributed by atoms with Crippen molar-refractivity contribution in [1.29, 1.82) is 0 Å². The SMILES string of the molecule is CCC(=O)NCNC(=O)C(CC(CC(CC(CC(C)C(=O)OC)C(C)=O)C(=O)N(C)C)C(=O)NC(C)(C)CS(=O)(=O)O)SC(=O)OC. The lowest BCUT2D eigenvalue weighted by Crippen LogP contribution is -2.51. The molecule has 5 unspecified atom stereocenters. The maximum atomic E-state index is 13.8. The van der Waals surface area contributed by atoms with Crippen molar-refractivity contribution in [3.8, 4) is 0 Å². The van der Waals surface area contributed by atoms with Crippen molar-refractivity contribution in [3.63, 3.8) is 0 Å². The maximum Gasteiger partial charge on any atom is 0.367 e. The molecular formula is C29H50N4O12S2. The molecule has 0 aromatic heterocycles. The monoisotopic (exact) mass is 710 g/mol. The van der Waals surface area contributed by atoms with Crippen molar-refractivity contribution in [3.05, 3.63) is 0 Å². The van der Waals surface area contributed by atoms with E-state index in [4.69, 9.17) is 9.47 Å². The first-order valence-corrected chi connectivity index (χ1v) is 17.4. The number of amides is 4. The van der Waals surface area contributed by atoms with E-state index in [2.05, 4.69) is 16.0 Å². The highest BCUT2D eigenvalue weighted by molar-refractivity contribution is 8.14. The van der Waals surface area contributed by atoms with Gasteiger partial charge in [-0.3, -0.25) is 33.3 Å². The van der Waals surface area contributed by atoms with E-state index in [1.165, 1.54) is 46.9 Å². The predicted molar refractivity (Wildman–Crippen MR) is 173 cm³/mol. The minimum atomic E-state index is -4.54. The number of nitrogens with one attached hydrogen (secondary N) is 3. The summed E-state index contributed by atoms with van der Waals surface area (Å²) in [6.07, 6.45) is -0.472. The van der Waals surface area contributed by atoms with Crippen molar-refractivity contribution in [2.75, 3.05) is 40.7 Å². The van der Waals surface area contributed by atoms with Crippen LogP contribution in [0.2, 0.25) is 0 Å². The van der Waals surface area contributed by atoms with Gasteiger partial charge >= 0.3 is 11.3 Å². The van der Waals surface area contributed by atoms with Gasteiger partial charge in [-0.1, -0.05) is 13.8 Å². The molecule has 0 aliphatic rings. The number of ketones is 1. The van der Waals surface area contributed by atoms with Crippen LogP contribution in [0.25, 0.3) is 0 Å². The summed E-state index contributed by atoms with van der Waals surface area (Å²) in [6.45, 7) is 6.93. The molecule has 18 heteroatoms. The Morgan fingerprint density at radius 2 is 1.45 bits per heavy atom. The van der Waals surface area contributed by atoms with Crippen molar-refractivity contribution < 1.29 is 56.0 Å². The Morgan fingerprint density at radius 1 is 0.872 bits per heavy atom. The van der Waals surface area contributed by atoms with Crippen molar-refractivity contribution in [2.45, 2.75) is 77.5 Å². The Bertz CT molecular complexity index is 1240. The summed E-state index contributed by atoms with van der Waals surface area (Å²) < 4.78 is 42.2. The number of esters is 1. The van der Waals surface area contributed by atoms with Crippen molar-refractivity contribution >= 4 is 62.6 Å². The summed E-state index contributed by atoms with van der Waals surface area (Å²) >= 11 is 0.463. The van der Waals surface area contributed by atoms with Gasteiger partial charge in [-0.05, 0) is 58.2 Å². The third-order valence-electron chi connectivity index (χ3n) is 7.19. The van der Waals surface area contributed by atoms with Crippen LogP contribution in [-0.4, -0.2) is 110 Å². The smallest absolute Gasteiger partial charge is 0.367 e. The lowest BCUT2D eigenvalue weighted by atomic mass is 9.79. The minimum absolute atomic E-state index is 0.0597. The van der Waals surface area contributed by atoms with E-state index >= 15 is 0 Å². The second kappa shape index (κ2) is 20.2. The van der Waals surface area contributed by atoms with Crippen molar-refractivity contribution in [2.24, 2.45) is 23.7 Å². The molecule has 0 spiro atoms. The number of methoxy groups -OCH3 is 2. The third-order valence-corrected chi connectivity index (χ3v) is 9.32. The molecule has 0 radical (unpaired) electrons. The zero-order chi connectivity index (χ0) is 36.7. The Hall–Kier alpha value is -3.25. The van der Waals surface area contributed by atoms with Crippen LogP contribution in [0.1, 0.15) is 66.7 Å². The number of rotatable bonds is 20. The molecule has 0 fully saturated rings. The van der Waals surface area contributed by atoms with Crippen LogP contribution >= 0.6 is 11.8 Å². The molecule has 5 atom stereocenters. The van der Waals surface area contributed by atoms with Gasteiger partial charge in [-0.15, -0.1) is 0 Å². The molecule has 0 rings (SSSR count). The molecule has 0 heterocycles. The van der Waals surface area contributed by atoms with E-state index in [1.807, 2.05) is 0 Å². The third kappa shape index (κ3) is 17.5. The lowest BCUT2D eigenvalue weighted by Gasteiger charge is -2.32. The molecular weight excluding hydrogens is 660 g/mol. The van der Waals surface area contributed by atoms with E-state index in [-0.39, 0.29) is 50.5 Å². The standard InChI is InChI=1S/C29H50N4O12S2/c1-10-23(35)30-16-31-25(37)22(46-28(40)45-9)14-20(24(36)32-29(4,5)15-47(41,42)43)13-21(26(38)33(6)7)12-19(18(3)34)11-17(2)27(39)44-8/h17,19-22H,10-16H2,1-9H3,(H,30,35)(H,31,37)(H,32,36)(H,41,42,43). The van der Waals surface area contributed by atoms with Crippen LogP contribution in [0.4, 0.5) is 4.79 Å². The average Bonchev–Trinajstić information content (AvgIpc) is 2.95. The van der Waals surface area contributed by atoms with Crippen LogP contribution in [0.15, 0.2) is 0 Å². The first kappa shape index (κ1) is 43.8. The topological polar surface area (TPSA) is 232 Å². The number of Topliss-reactive ketones (excluding diaryl/α,β-unsaturated/α-hetero) is 1. The molecule has 0 aliphatic carbocycles. The van der Waals surface area contributed by atoms with E-state index in [9.17, 15) is 46.5 Å². The number of thioether (sulfide) groups is 1. The molecule has 0 saturated carbocycles. The lowest BCUT2D eigenvalue weighted by molar-refractivity contribution is -0.145. The Morgan fingerprint density at radius 3 is 1.91 bits per heavy atom. The number of carbonyl (C=O) groups excluding carboxylic acids is 7. The van der Waals surface area contributed by atoms with Gasteiger partial charge in [0.05, 0.1) is 43.3 Å². The summed E-state index contributed by atoms with van der Waals surface area (Å²) in [5.74, 6) is -7.74. The normalized spacial score (nSPS) is 14.8. The van der Waals surface area contributed by atoms with E-state index in [1.54, 1.807) is 13.8 Å². The number of ether oxygens (including phenoxy) is 2. The first-order chi connectivity index (χ1) is 21.6. The molecule has 0 aromatic rings. The van der Waals surface area contributed by atoms with Gasteiger partial charge in [0, 0.05) is 38.3 Å². The van der Waals surface area contributed by atoms with E-state index < -0.39 is 79.3 Å². The molecule has 0 saturated heterocycles. The predicted octanol–water partition coefficient (Wildman–Crippen LogP) is 1.13. The Kier molecular flexibility index (Phi) is 18.8. The minimum Gasteiger partial charge on any atom is -0.469 e. The number of carbonyl (C=O) groups is 7. The van der Waals surface area contributed by atoms with E-state index in [0.717, 1.165) is 7.11 Å². The molecule has 16 nitrogen and oxygen atoms in total. The van der Waals surface area contributed by atoms with Crippen molar-refractivity contribution in [1.82, 2.24) is 20.9 Å². The molecule has 47 heavy (non-hydrogen) atoms. The number of nitrogens with zero attached hydrogens (tertiary/aromatic N) is 1. The molecule has 0 bridgehead atoms. The van der Waals surface area contributed by atoms with Gasteiger partial charge in [0.1, 0.15) is 5.78 Å². The van der Waals surface area contributed by atoms with E-state index in [0.29, 0.717) is 11.8 Å². The first-order valence-electron chi connectivity index (χ1n) is 14.9. The van der Waals surface area contributed by atoms with Crippen LogP contribution in [0, 0.1) is 23.7 Å². The molecule has 4 N–H and O–H groups in total. The zero-order valence-electron chi connectivity index (χ0n) is 28.5. The highest BCUT2D eigenvalue weighted by atomic mass is 32.2. The molecule has 0 aliphatic heterocycles. The highest BCUT2D eigenvalue weighted by Crippen LogP contribution is 2.32. The fraction of sp³-hybridized carbons (Fsp3) is 0.759. The van der Waals surface area contributed by atoms with Gasteiger partial charge in [0.2, 0.25) is 23.6 Å². The molecule has 270 valence electrons. The summed E-state index contributed by atoms with van der Waals surface area (Å²) in [4.78, 5) is 90.4. The summed E-state index contributed by atoms with van der Waals surface area (Å²) in [6, 6.07) is 0. The highest BCUT2D eigenvalue weighted by Gasteiger charge is 2.38. The van der Waals surface area contributed by atoms with Gasteiger partial charge in [-0.25, -0.2) is 4.79 Å². The van der Waals surface area contributed by atoms with Gasteiger partial charge in [0.25, 0.3) is 10.1 Å². The van der Waals surface area contributed by atoms with Crippen LogP contribution < -0.4 is 16.0 Å². The largest absolute Gasteiger partial charge is 0.469 e. The Balaban J connectivity index is 6.74. The molecule has 0 aromatic carbocycles. The quantitative estimate of drug-likeness (QED) is 0.0790. The zero-order valence-corrected chi connectivity index (χ0v) is 30.2. The second-order valence-corrected chi connectivity index (χ2v) is 14.7. The second-order valence-electron chi connectivity index (χ2n) is 12.1. The summed E-state index contributed by atoms with van der Waals surface area (Å²) in [5.41, 5.74) is -1.50. The summed E-state index contributed by atoms with van der Waals surface area (Å²) in [7, 11) is 0.728. The van der Waals surface area contributed by atoms with Crippen LogP contribution in [-0.2, 0) is 48.4 Å². The summed E-state index contributed by atoms with van der Waals surface area (Å²) in [5, 5.41) is 5.35. The van der Waals surface area contributed by atoms with Gasteiger partial charge < -0.3 is 30.3 Å². The molecule has 4 amide bonds. The number of hydrogen-bond donors (Lipinski definition) is 4. The van der Waals surface area contributed by atoms with Gasteiger partial charge in [-0.2, -0.15) is 8.42 Å². The fourth-order valence-electron chi connectivity index (χ4n) is 4.84. The van der Waals surface area contributed by atoms with Crippen LogP contribution in [0.3, 0.4) is 0 Å². The Labute approximate surface area is 280 Å². The van der Waals surface area contributed by atoms with Crippen LogP contribution in [0.5, 0.6) is 0 Å². The number of hydrogen-bond acceptors (Lipinski definition) is 12. The fourth-order valence-corrected chi connectivity index (χ4v) is 6.67. The van der Waals surface area contributed by atoms with Gasteiger partial charge in [0.15, 0.2) is 0 Å². The average molecular weight is 711 g/mol.